The molecule has 100 valence electrons. The molecule has 0 aliphatic carbocycles. The first-order chi connectivity index (χ1) is 9.11. The van der Waals surface area contributed by atoms with Crippen molar-refractivity contribution in [3.05, 3.63) is 58.7 Å². The van der Waals surface area contributed by atoms with Crippen molar-refractivity contribution in [2.24, 2.45) is 5.84 Å². The van der Waals surface area contributed by atoms with E-state index in [2.05, 4.69) is 47.4 Å². The first-order valence-electron chi connectivity index (χ1n) is 6.41. The second-order valence-corrected chi connectivity index (χ2v) is 4.91. The highest BCUT2D eigenvalue weighted by molar-refractivity contribution is 5.34. The normalized spacial score (nSPS) is 12.4. The largest absolute Gasteiger partial charge is 0.271 e. The molecule has 4 nitrogen and oxygen atoms in total. The third-order valence-corrected chi connectivity index (χ3v) is 3.37. The molecule has 0 spiro atoms. The monoisotopic (exact) mass is 256 g/mol. The van der Waals surface area contributed by atoms with Crippen LogP contribution in [0.5, 0.6) is 0 Å². The summed E-state index contributed by atoms with van der Waals surface area (Å²) in [5.74, 6) is 6.39. The van der Waals surface area contributed by atoms with Crippen molar-refractivity contribution >= 4 is 0 Å². The van der Waals surface area contributed by atoms with Crippen molar-refractivity contribution in [2.45, 2.75) is 33.2 Å². The van der Waals surface area contributed by atoms with Crippen molar-refractivity contribution in [2.75, 3.05) is 0 Å². The minimum absolute atomic E-state index is 0.0691. The molecule has 0 radical (unpaired) electrons. The number of aryl methyl sites for hydroxylation is 3. The fourth-order valence-corrected chi connectivity index (χ4v) is 2.18. The fraction of sp³-hybridized carbons (Fsp3) is 0.333. The van der Waals surface area contributed by atoms with Crippen LogP contribution in [0.25, 0.3) is 0 Å². The van der Waals surface area contributed by atoms with Gasteiger partial charge in [-0.2, -0.15) is 0 Å². The minimum atomic E-state index is -0.0691. The van der Waals surface area contributed by atoms with Crippen LogP contribution >= 0.6 is 0 Å². The zero-order chi connectivity index (χ0) is 13.8. The SMILES string of the molecule is Cc1cnc(C(Cc2c(C)cccc2C)NN)nc1. The van der Waals surface area contributed by atoms with E-state index in [4.69, 9.17) is 5.84 Å². The van der Waals surface area contributed by atoms with E-state index in [-0.39, 0.29) is 6.04 Å². The fourth-order valence-electron chi connectivity index (χ4n) is 2.18. The number of nitrogens with one attached hydrogen (secondary N) is 1. The van der Waals surface area contributed by atoms with Gasteiger partial charge in [0.2, 0.25) is 0 Å². The average molecular weight is 256 g/mol. The molecular weight excluding hydrogens is 236 g/mol. The molecule has 0 saturated heterocycles. The average Bonchev–Trinajstić information content (AvgIpc) is 2.40. The summed E-state index contributed by atoms with van der Waals surface area (Å²) in [5, 5.41) is 0. The molecule has 0 amide bonds. The summed E-state index contributed by atoms with van der Waals surface area (Å²) in [5.41, 5.74) is 7.71. The standard InChI is InChI=1S/C15H20N4/c1-10-8-17-15(18-9-10)14(19-16)7-13-11(2)5-4-6-12(13)3/h4-6,8-9,14,19H,7,16H2,1-3H3. The summed E-state index contributed by atoms with van der Waals surface area (Å²) >= 11 is 0. The number of aromatic nitrogens is 2. The van der Waals surface area contributed by atoms with Gasteiger partial charge in [0.05, 0.1) is 6.04 Å². The Morgan fingerprint density at radius 1 is 1.11 bits per heavy atom. The number of hydrogen-bond acceptors (Lipinski definition) is 4. The van der Waals surface area contributed by atoms with Crippen LogP contribution in [0.4, 0.5) is 0 Å². The number of nitrogens with two attached hydrogens (primary N) is 1. The molecule has 2 aromatic rings. The molecule has 1 aromatic heterocycles. The Balaban J connectivity index is 2.26. The summed E-state index contributed by atoms with van der Waals surface area (Å²) in [4.78, 5) is 8.70. The van der Waals surface area contributed by atoms with E-state index in [1.54, 1.807) is 0 Å². The van der Waals surface area contributed by atoms with E-state index in [9.17, 15) is 0 Å². The van der Waals surface area contributed by atoms with Crippen LogP contribution in [0.3, 0.4) is 0 Å². The molecule has 2 rings (SSSR count). The molecule has 0 bridgehead atoms. The van der Waals surface area contributed by atoms with Gasteiger partial charge in [0.25, 0.3) is 0 Å². The van der Waals surface area contributed by atoms with Gasteiger partial charge < -0.3 is 0 Å². The molecule has 1 unspecified atom stereocenters. The predicted molar refractivity (Wildman–Crippen MR) is 76.5 cm³/mol. The van der Waals surface area contributed by atoms with E-state index in [1.807, 2.05) is 19.3 Å². The topological polar surface area (TPSA) is 63.8 Å². The quantitative estimate of drug-likeness (QED) is 0.650. The molecule has 0 saturated carbocycles. The van der Waals surface area contributed by atoms with Crippen LogP contribution in [-0.4, -0.2) is 9.97 Å². The Labute approximate surface area is 114 Å². The highest BCUT2D eigenvalue weighted by Crippen LogP contribution is 2.20. The maximum absolute atomic E-state index is 5.66. The molecule has 4 heteroatoms. The van der Waals surface area contributed by atoms with Gasteiger partial charge in [-0.25, -0.2) is 15.4 Å². The Morgan fingerprint density at radius 2 is 1.68 bits per heavy atom. The lowest BCUT2D eigenvalue weighted by molar-refractivity contribution is 0.520. The number of hydrazine groups is 1. The lowest BCUT2D eigenvalue weighted by Gasteiger charge is -2.17. The van der Waals surface area contributed by atoms with Crippen molar-refractivity contribution in [1.82, 2.24) is 15.4 Å². The van der Waals surface area contributed by atoms with Crippen LogP contribution in [-0.2, 0) is 6.42 Å². The van der Waals surface area contributed by atoms with Crippen molar-refractivity contribution < 1.29 is 0 Å². The van der Waals surface area contributed by atoms with E-state index >= 15 is 0 Å². The zero-order valence-electron chi connectivity index (χ0n) is 11.6. The van der Waals surface area contributed by atoms with Gasteiger partial charge >= 0.3 is 0 Å². The van der Waals surface area contributed by atoms with Crippen LogP contribution in [0.15, 0.2) is 30.6 Å². The van der Waals surface area contributed by atoms with Crippen molar-refractivity contribution in [3.8, 4) is 0 Å². The first-order valence-corrected chi connectivity index (χ1v) is 6.41. The van der Waals surface area contributed by atoms with Crippen molar-refractivity contribution in [1.29, 1.82) is 0 Å². The van der Waals surface area contributed by atoms with Gasteiger partial charge in [0, 0.05) is 12.4 Å². The smallest absolute Gasteiger partial charge is 0.146 e. The molecule has 3 N–H and O–H groups in total. The van der Waals surface area contributed by atoms with Gasteiger partial charge in [0.1, 0.15) is 5.82 Å². The number of nitrogens with zero attached hydrogens (tertiary/aromatic N) is 2. The Hall–Kier alpha value is -1.78. The number of hydrogen-bond donors (Lipinski definition) is 2. The summed E-state index contributed by atoms with van der Waals surface area (Å²) in [7, 11) is 0. The molecule has 1 atom stereocenters. The zero-order valence-corrected chi connectivity index (χ0v) is 11.6. The van der Waals surface area contributed by atoms with Crippen LogP contribution in [0.2, 0.25) is 0 Å². The van der Waals surface area contributed by atoms with Gasteiger partial charge in [-0.3, -0.25) is 5.84 Å². The van der Waals surface area contributed by atoms with Crippen LogP contribution < -0.4 is 11.3 Å². The minimum Gasteiger partial charge on any atom is -0.271 e. The molecule has 1 heterocycles. The maximum Gasteiger partial charge on any atom is 0.146 e. The summed E-state index contributed by atoms with van der Waals surface area (Å²) in [6.45, 7) is 6.21. The van der Waals surface area contributed by atoms with E-state index in [0.29, 0.717) is 0 Å². The van der Waals surface area contributed by atoms with Crippen LogP contribution in [0, 0.1) is 20.8 Å². The molecule has 0 aliphatic rings. The molecule has 0 fully saturated rings. The molecular formula is C15H20N4. The maximum atomic E-state index is 5.66. The lowest BCUT2D eigenvalue weighted by atomic mass is 9.96. The third kappa shape index (κ3) is 3.16. The van der Waals surface area contributed by atoms with Gasteiger partial charge in [-0.05, 0) is 49.4 Å². The Bertz CT molecular complexity index is 528. The first kappa shape index (κ1) is 13.6. The summed E-state index contributed by atoms with van der Waals surface area (Å²) in [6, 6.07) is 6.24. The number of benzene rings is 1. The molecule has 0 aliphatic heterocycles. The third-order valence-electron chi connectivity index (χ3n) is 3.37. The van der Waals surface area contributed by atoms with E-state index in [1.165, 1.54) is 16.7 Å². The van der Waals surface area contributed by atoms with Gasteiger partial charge in [-0.1, -0.05) is 18.2 Å². The van der Waals surface area contributed by atoms with Gasteiger partial charge in [-0.15, -0.1) is 0 Å². The van der Waals surface area contributed by atoms with Gasteiger partial charge in [0.15, 0.2) is 0 Å². The Morgan fingerprint density at radius 3 is 2.21 bits per heavy atom. The highest BCUT2D eigenvalue weighted by atomic mass is 15.2. The molecule has 19 heavy (non-hydrogen) atoms. The highest BCUT2D eigenvalue weighted by Gasteiger charge is 2.15. The second kappa shape index (κ2) is 5.91. The predicted octanol–water partition coefficient (Wildman–Crippen LogP) is 2.15. The second-order valence-electron chi connectivity index (χ2n) is 4.91. The summed E-state index contributed by atoms with van der Waals surface area (Å²) in [6.07, 6.45) is 4.42. The molecule has 1 aromatic carbocycles. The van der Waals surface area contributed by atoms with Crippen LogP contribution in [0.1, 0.15) is 34.1 Å². The van der Waals surface area contributed by atoms with Crippen molar-refractivity contribution in [3.63, 3.8) is 0 Å². The Kier molecular flexibility index (Phi) is 4.24. The van der Waals surface area contributed by atoms with E-state index in [0.717, 1.165) is 17.8 Å². The summed E-state index contributed by atoms with van der Waals surface area (Å²) < 4.78 is 0. The lowest BCUT2D eigenvalue weighted by Crippen LogP contribution is -2.31. The van der Waals surface area contributed by atoms with E-state index < -0.39 is 0 Å². The number of rotatable bonds is 4.